The fraction of sp³-hybridized carbons (Fsp3) is 0.673. The summed E-state index contributed by atoms with van der Waals surface area (Å²) >= 11 is 0. The van der Waals surface area contributed by atoms with Crippen LogP contribution in [0.3, 0.4) is 0 Å². The lowest BCUT2D eigenvalue weighted by molar-refractivity contribution is -0.304. The summed E-state index contributed by atoms with van der Waals surface area (Å²) in [5.74, 6) is -5.40. The van der Waals surface area contributed by atoms with Crippen LogP contribution in [0.5, 0.6) is 0 Å². The second-order valence-corrected chi connectivity index (χ2v) is 18.9. The number of cyclic esters (lactones) is 1. The first-order valence-electron chi connectivity index (χ1n) is 23.4. The first kappa shape index (κ1) is 58.8. The molecule has 19 heteroatoms. The molecule has 17 atom stereocenters. The van der Waals surface area contributed by atoms with Gasteiger partial charge in [0.25, 0.3) is 0 Å². The number of aliphatic hydroxyl groups excluding tert-OH is 10. The number of rotatable bonds is 5. The van der Waals surface area contributed by atoms with Gasteiger partial charge in [-0.1, -0.05) is 92.0 Å². The maximum atomic E-state index is 13.8. The zero-order valence-electron chi connectivity index (χ0n) is 39.5. The average molecular weight is 967 g/mol. The number of hydrogen-bond acceptors (Lipinski definition) is 18. The second kappa shape index (κ2) is 29.0. The summed E-state index contributed by atoms with van der Waals surface area (Å²) in [7, 11) is 0. The predicted molar refractivity (Wildman–Crippen MR) is 250 cm³/mol. The summed E-state index contributed by atoms with van der Waals surface area (Å²) < 4.78 is 23.2. The van der Waals surface area contributed by atoms with Gasteiger partial charge in [-0.2, -0.15) is 0 Å². The molecule has 2 fully saturated rings. The van der Waals surface area contributed by atoms with E-state index >= 15 is 0 Å². The number of aliphatic hydroxyl groups is 11. The van der Waals surface area contributed by atoms with E-state index in [2.05, 4.69) is 5.32 Å². The Kier molecular flexibility index (Phi) is 25.1. The minimum atomic E-state index is -2.31. The molecule has 0 aromatic heterocycles. The highest BCUT2D eigenvalue weighted by Gasteiger charge is 2.51. The van der Waals surface area contributed by atoms with Crippen LogP contribution in [0, 0.1) is 11.8 Å². The van der Waals surface area contributed by atoms with Gasteiger partial charge in [0.2, 0.25) is 5.91 Å². The third kappa shape index (κ3) is 20.9. The number of amides is 1. The Morgan fingerprint density at radius 2 is 1.32 bits per heavy atom. The number of ether oxygens (including phenoxy) is 4. The third-order valence-electron chi connectivity index (χ3n) is 11.9. The molecule has 0 aliphatic carbocycles. The number of fused-ring (bicyclic) bond motifs is 2. The van der Waals surface area contributed by atoms with E-state index in [1.807, 2.05) is 25.2 Å². The first-order valence-corrected chi connectivity index (χ1v) is 23.4. The van der Waals surface area contributed by atoms with Crippen molar-refractivity contribution in [2.45, 2.75) is 182 Å². The van der Waals surface area contributed by atoms with Gasteiger partial charge in [0.15, 0.2) is 12.1 Å². The molecule has 0 spiro atoms. The fourth-order valence-electron chi connectivity index (χ4n) is 7.97. The summed E-state index contributed by atoms with van der Waals surface area (Å²) in [5, 5.41) is 121. The molecule has 0 aromatic carbocycles. The second-order valence-electron chi connectivity index (χ2n) is 18.9. The molecule has 386 valence electrons. The Labute approximate surface area is 399 Å². The van der Waals surface area contributed by atoms with Crippen LogP contribution >= 0.6 is 0 Å². The molecule has 14 N–H and O–H groups in total. The molecular weight excluding hydrogens is 889 g/mol. The van der Waals surface area contributed by atoms with E-state index in [0.717, 1.165) is 0 Å². The molecule has 3 rings (SSSR count). The zero-order chi connectivity index (χ0) is 50.6. The van der Waals surface area contributed by atoms with Gasteiger partial charge < -0.3 is 86.2 Å². The van der Waals surface area contributed by atoms with Crippen LogP contribution in [0.15, 0.2) is 85.1 Å². The molecular formula is C49H78N2O17. The normalized spacial score (nSPS) is 42.0. The maximum Gasteiger partial charge on any atom is 0.308 e. The minimum absolute atomic E-state index is 0.103. The maximum absolute atomic E-state index is 13.8. The van der Waals surface area contributed by atoms with Crippen LogP contribution in [0.25, 0.3) is 0 Å². The van der Waals surface area contributed by atoms with Crippen LogP contribution in [-0.2, 0) is 28.5 Å². The van der Waals surface area contributed by atoms with Crippen molar-refractivity contribution in [3.8, 4) is 0 Å². The number of carbonyl (C=O) groups is 2. The molecule has 19 nitrogen and oxygen atoms in total. The molecule has 3 heterocycles. The van der Waals surface area contributed by atoms with Gasteiger partial charge in [-0.05, 0) is 40.0 Å². The largest absolute Gasteiger partial charge is 0.462 e. The van der Waals surface area contributed by atoms with E-state index in [1.54, 1.807) is 87.6 Å². The smallest absolute Gasteiger partial charge is 0.308 e. The summed E-state index contributed by atoms with van der Waals surface area (Å²) in [6.45, 7) is 5.84. The molecule has 2 saturated heterocycles. The molecule has 0 radical (unpaired) electrons. The van der Waals surface area contributed by atoms with Gasteiger partial charge in [-0.3, -0.25) is 9.59 Å². The van der Waals surface area contributed by atoms with Crippen molar-refractivity contribution in [2.75, 3.05) is 13.2 Å². The van der Waals surface area contributed by atoms with Crippen LogP contribution in [-0.4, -0.2) is 178 Å². The van der Waals surface area contributed by atoms with E-state index in [-0.39, 0.29) is 44.6 Å². The minimum Gasteiger partial charge on any atom is -0.462 e. The topological polar surface area (TPSA) is 332 Å². The fourth-order valence-corrected chi connectivity index (χ4v) is 7.97. The number of nitrogens with one attached hydrogen (secondary N) is 1. The number of nitrogens with two attached hydrogens (primary N) is 1. The average Bonchev–Trinajstić information content (AvgIpc) is 3.24. The van der Waals surface area contributed by atoms with Gasteiger partial charge in [-0.15, -0.1) is 0 Å². The van der Waals surface area contributed by atoms with Crippen molar-refractivity contribution >= 4 is 11.9 Å². The molecule has 7 unspecified atom stereocenters. The molecule has 0 saturated carbocycles. The lowest BCUT2D eigenvalue weighted by Gasteiger charge is -2.46. The van der Waals surface area contributed by atoms with Crippen molar-refractivity contribution in [3.05, 3.63) is 85.1 Å². The van der Waals surface area contributed by atoms with Crippen molar-refractivity contribution in [1.82, 2.24) is 5.32 Å². The Morgan fingerprint density at radius 1 is 0.735 bits per heavy atom. The standard InChI is InChI=1S/C49H78N2O17/c1-30-17-15-13-11-9-7-5-6-8-10-12-14-16-18-35(67-47-45(62)44(50)40(60)28-65-47)25-41-43(46(63)51-48(3,4)29-52)39(59)27-49(64,68-41)26-34(55)23-38(58)36(56)20-19-32(53)22-33(54)24-42(61)66-31(2)21-37(30)57/h5-18,30-41,43-45,47,52-60,62,64H,19-29,50H2,1-4H3,(H,51,63)/b6-5+,9-7+,10-8+,13-11+,14-12+,17-15+,18-16+/t30-,31-,32?,33?,34?,35?,36+,37-,38?,39-,40+,41-,43?,44-,45-,47-,49?/m0/s1. The summed E-state index contributed by atoms with van der Waals surface area (Å²) in [5.41, 5.74) is 4.87. The summed E-state index contributed by atoms with van der Waals surface area (Å²) in [6, 6.07) is -1.13. The molecule has 1 amide bonds. The van der Waals surface area contributed by atoms with Gasteiger partial charge >= 0.3 is 5.97 Å². The molecule has 0 aromatic rings. The highest BCUT2D eigenvalue weighted by Crippen LogP contribution is 2.38. The Hall–Kier alpha value is -3.48. The van der Waals surface area contributed by atoms with Crippen molar-refractivity contribution in [2.24, 2.45) is 17.6 Å². The van der Waals surface area contributed by atoms with Gasteiger partial charge in [0.05, 0.1) is 98.2 Å². The van der Waals surface area contributed by atoms with E-state index < -0.39 is 147 Å². The Bertz CT molecular complexity index is 1740. The lowest BCUT2D eigenvalue weighted by atomic mass is 9.81. The van der Waals surface area contributed by atoms with Gasteiger partial charge in [0, 0.05) is 38.0 Å². The van der Waals surface area contributed by atoms with Gasteiger partial charge in [-0.25, -0.2) is 0 Å². The van der Waals surface area contributed by atoms with Crippen LogP contribution in [0.4, 0.5) is 0 Å². The van der Waals surface area contributed by atoms with E-state index in [0.29, 0.717) is 0 Å². The number of carbonyl (C=O) groups excluding carboxylic acids is 2. The van der Waals surface area contributed by atoms with E-state index in [9.17, 15) is 65.8 Å². The first-order chi connectivity index (χ1) is 32.0. The van der Waals surface area contributed by atoms with Crippen LogP contribution in [0.1, 0.15) is 85.5 Å². The highest BCUT2D eigenvalue weighted by molar-refractivity contribution is 5.80. The summed E-state index contributed by atoms with van der Waals surface area (Å²) in [6.07, 6.45) is 5.16. The van der Waals surface area contributed by atoms with E-state index in [4.69, 9.17) is 24.7 Å². The quantitative estimate of drug-likeness (QED) is 0.160. The Balaban J connectivity index is 1.92. The SMILES string of the molecule is C[C@H]1C[C@H](O)[C@@H](C)/C=C/C=C/C=C/C=C/C=C/C=C/C=C/C(O[C@@H]2OC[C@@H](O)[C@H](N)[C@@H]2O)C[C@@H]2OC(O)(CC(O)CC(O)[C@H](O)CCC(O)CC(O)CC(=O)O1)C[C@H](O)C2C(=O)NC(C)(C)CO. The molecule has 3 aliphatic rings. The predicted octanol–water partition coefficient (Wildman–Crippen LogP) is -0.120. The van der Waals surface area contributed by atoms with Crippen molar-refractivity contribution in [1.29, 1.82) is 0 Å². The van der Waals surface area contributed by atoms with Crippen LogP contribution in [0.2, 0.25) is 0 Å². The van der Waals surface area contributed by atoms with Crippen LogP contribution < -0.4 is 11.1 Å². The Morgan fingerprint density at radius 3 is 1.93 bits per heavy atom. The lowest BCUT2D eigenvalue weighted by Crippen LogP contribution is -2.61. The number of esters is 1. The monoisotopic (exact) mass is 967 g/mol. The molecule has 68 heavy (non-hydrogen) atoms. The van der Waals surface area contributed by atoms with Crippen molar-refractivity contribution in [3.63, 3.8) is 0 Å². The highest BCUT2D eigenvalue weighted by atomic mass is 16.7. The zero-order valence-corrected chi connectivity index (χ0v) is 39.5. The van der Waals surface area contributed by atoms with Gasteiger partial charge in [0.1, 0.15) is 12.2 Å². The van der Waals surface area contributed by atoms with Crippen molar-refractivity contribution < 1.29 is 84.7 Å². The number of hydrogen-bond donors (Lipinski definition) is 13. The van der Waals surface area contributed by atoms with E-state index in [1.165, 1.54) is 0 Å². The molecule has 2 bridgehead atoms. The third-order valence-corrected chi connectivity index (χ3v) is 11.9. The summed E-state index contributed by atoms with van der Waals surface area (Å²) in [4.78, 5) is 26.3. The molecule has 3 aliphatic heterocycles. The number of allylic oxidation sites excluding steroid dienone is 12.